The lowest BCUT2D eigenvalue weighted by atomic mass is 9.99. The highest BCUT2D eigenvalue weighted by molar-refractivity contribution is 8.00. The molecule has 6 rings (SSSR count). The Labute approximate surface area is 247 Å². The van der Waals surface area contributed by atoms with E-state index >= 15 is 0 Å². The average molecular weight is 587 g/mol. The Morgan fingerprint density at radius 1 is 1.10 bits per heavy atom. The minimum absolute atomic E-state index is 0.0164. The second kappa shape index (κ2) is 12.4. The van der Waals surface area contributed by atoms with E-state index in [0.717, 1.165) is 29.5 Å². The molecule has 4 aromatic rings. The van der Waals surface area contributed by atoms with Crippen molar-refractivity contribution in [3.63, 3.8) is 0 Å². The molecule has 216 valence electrons. The van der Waals surface area contributed by atoms with E-state index in [2.05, 4.69) is 5.32 Å². The molecule has 0 saturated carbocycles. The van der Waals surface area contributed by atoms with E-state index in [9.17, 15) is 14.0 Å². The van der Waals surface area contributed by atoms with Crippen molar-refractivity contribution < 1.29 is 23.5 Å². The summed E-state index contributed by atoms with van der Waals surface area (Å²) in [6, 6.07) is 23.5. The van der Waals surface area contributed by atoms with Crippen molar-refractivity contribution >= 4 is 29.4 Å². The molecule has 2 aliphatic rings. The van der Waals surface area contributed by atoms with Gasteiger partial charge in [0.25, 0.3) is 0 Å². The Bertz CT molecular complexity index is 1550. The van der Waals surface area contributed by atoms with E-state index in [1.807, 2.05) is 54.6 Å². The van der Waals surface area contributed by atoms with Gasteiger partial charge in [-0.2, -0.15) is 5.10 Å². The molecule has 42 heavy (non-hydrogen) atoms. The van der Waals surface area contributed by atoms with Gasteiger partial charge in [-0.3, -0.25) is 14.5 Å². The molecule has 0 radical (unpaired) electrons. The number of nitrogens with zero attached hydrogens (tertiary/aromatic N) is 3. The molecule has 8 nitrogen and oxygen atoms in total. The highest BCUT2D eigenvalue weighted by atomic mass is 32.2. The molecule has 0 bridgehead atoms. The van der Waals surface area contributed by atoms with Crippen LogP contribution in [-0.4, -0.2) is 60.3 Å². The van der Waals surface area contributed by atoms with Crippen LogP contribution in [0.25, 0.3) is 16.9 Å². The van der Waals surface area contributed by atoms with Crippen LogP contribution in [0.3, 0.4) is 0 Å². The molecule has 2 aliphatic heterocycles. The van der Waals surface area contributed by atoms with Crippen molar-refractivity contribution in [2.24, 2.45) is 0 Å². The lowest BCUT2D eigenvalue weighted by Gasteiger charge is -2.23. The van der Waals surface area contributed by atoms with Crippen LogP contribution >= 0.6 is 11.8 Å². The van der Waals surface area contributed by atoms with Gasteiger partial charge in [0.15, 0.2) is 0 Å². The number of hydrogen-bond acceptors (Lipinski definition) is 6. The number of carbonyl (C=O) groups is 2. The zero-order chi connectivity index (χ0) is 29.1. The quantitative estimate of drug-likeness (QED) is 0.307. The number of hydrogen-bond donors (Lipinski definition) is 1. The molecule has 0 aliphatic carbocycles. The van der Waals surface area contributed by atoms with Gasteiger partial charge in [-0.15, -0.1) is 11.8 Å². The number of benzene rings is 3. The Morgan fingerprint density at radius 2 is 1.86 bits per heavy atom. The first kappa shape index (κ1) is 28.0. The van der Waals surface area contributed by atoms with Crippen molar-refractivity contribution in [3.8, 4) is 22.7 Å². The summed E-state index contributed by atoms with van der Waals surface area (Å²) in [5, 5.41) is 7.68. The van der Waals surface area contributed by atoms with Crippen LogP contribution in [0, 0.1) is 5.82 Å². The van der Waals surface area contributed by atoms with Crippen LogP contribution in [0.15, 0.2) is 78.9 Å². The first-order valence-electron chi connectivity index (χ1n) is 13.9. The lowest BCUT2D eigenvalue weighted by Crippen LogP contribution is -2.44. The number of methoxy groups -OCH3 is 1. The first-order valence-corrected chi connectivity index (χ1v) is 14.9. The molecule has 1 aromatic heterocycles. The van der Waals surface area contributed by atoms with Crippen molar-refractivity contribution in [2.75, 3.05) is 37.5 Å². The van der Waals surface area contributed by atoms with Gasteiger partial charge in [0.1, 0.15) is 23.9 Å². The van der Waals surface area contributed by atoms with Gasteiger partial charge >= 0.3 is 0 Å². The Morgan fingerprint density at radius 3 is 2.55 bits per heavy atom. The van der Waals surface area contributed by atoms with Crippen LogP contribution in [-0.2, 0) is 14.3 Å². The summed E-state index contributed by atoms with van der Waals surface area (Å²) in [5.74, 6) is 0.491. The van der Waals surface area contributed by atoms with Crippen molar-refractivity contribution in [2.45, 2.75) is 24.2 Å². The fourth-order valence-corrected chi connectivity index (χ4v) is 6.56. The van der Waals surface area contributed by atoms with E-state index in [1.54, 1.807) is 23.9 Å². The number of aromatic nitrogens is 2. The number of carbonyl (C=O) groups excluding carboxylic acids is 2. The van der Waals surface area contributed by atoms with Crippen molar-refractivity contribution in [1.29, 1.82) is 0 Å². The molecular weight excluding hydrogens is 555 g/mol. The largest absolute Gasteiger partial charge is 0.497 e. The van der Waals surface area contributed by atoms with E-state index in [4.69, 9.17) is 14.6 Å². The first-order chi connectivity index (χ1) is 20.5. The average Bonchev–Trinajstić information content (AvgIpc) is 3.66. The van der Waals surface area contributed by atoms with Crippen LogP contribution in [0.4, 0.5) is 10.2 Å². The van der Waals surface area contributed by atoms with E-state index < -0.39 is 0 Å². The number of rotatable bonds is 8. The van der Waals surface area contributed by atoms with Gasteiger partial charge in [0.05, 0.1) is 35.6 Å². The summed E-state index contributed by atoms with van der Waals surface area (Å²) in [6.07, 6.45) is 1.85. The zero-order valence-electron chi connectivity index (χ0n) is 23.2. The summed E-state index contributed by atoms with van der Waals surface area (Å²) in [6.45, 7) is 0.916. The summed E-state index contributed by atoms with van der Waals surface area (Å²) in [5.41, 5.74) is 3.88. The lowest BCUT2D eigenvalue weighted by molar-refractivity contribution is -0.123. The second-order valence-electron chi connectivity index (χ2n) is 10.2. The molecule has 3 heterocycles. The van der Waals surface area contributed by atoms with E-state index in [-0.39, 0.29) is 41.3 Å². The van der Waals surface area contributed by atoms with Gasteiger partial charge in [-0.05, 0) is 54.8 Å². The molecule has 3 aromatic carbocycles. The van der Waals surface area contributed by atoms with Crippen LogP contribution < -0.4 is 15.0 Å². The minimum Gasteiger partial charge on any atom is -0.497 e. The third-order valence-corrected chi connectivity index (χ3v) is 8.73. The normalized spacial score (nSPS) is 18.4. The van der Waals surface area contributed by atoms with Crippen LogP contribution in [0.1, 0.15) is 29.2 Å². The number of nitrogens with one attached hydrogen (secondary N) is 1. The molecule has 0 spiro atoms. The van der Waals surface area contributed by atoms with Crippen molar-refractivity contribution in [1.82, 2.24) is 15.1 Å². The van der Waals surface area contributed by atoms with E-state index in [0.29, 0.717) is 36.1 Å². The van der Waals surface area contributed by atoms with Gasteiger partial charge in [0, 0.05) is 24.3 Å². The smallest absolute Gasteiger partial charge is 0.240 e. The molecular formula is C32H31FN4O4S. The summed E-state index contributed by atoms with van der Waals surface area (Å²) in [7, 11) is 1.60. The predicted octanol–water partition coefficient (Wildman–Crippen LogP) is 5.15. The molecule has 1 N–H and O–H groups in total. The topological polar surface area (TPSA) is 85.7 Å². The van der Waals surface area contributed by atoms with Gasteiger partial charge in [0.2, 0.25) is 11.8 Å². The number of fused-ring (bicyclic) bond motifs is 1. The molecule has 1 saturated heterocycles. The molecule has 10 heteroatoms. The Hall–Kier alpha value is -4.15. The SMILES string of the molecule is COc1ccc(-n2nc(-c3ccccc3)c3c2N(CC(=O)NCC2CCCO2)C(=O)CSC3c2ccc(F)cc2)cc1. The van der Waals surface area contributed by atoms with Gasteiger partial charge in [-0.1, -0.05) is 42.5 Å². The second-order valence-corrected chi connectivity index (χ2v) is 11.3. The highest BCUT2D eigenvalue weighted by Gasteiger charge is 2.37. The maximum Gasteiger partial charge on any atom is 0.240 e. The Balaban J connectivity index is 1.51. The summed E-state index contributed by atoms with van der Waals surface area (Å²) < 4.78 is 26.7. The highest BCUT2D eigenvalue weighted by Crippen LogP contribution is 2.48. The van der Waals surface area contributed by atoms with Gasteiger partial charge in [-0.25, -0.2) is 9.07 Å². The summed E-state index contributed by atoms with van der Waals surface area (Å²) >= 11 is 1.44. The third kappa shape index (κ3) is 5.77. The molecule has 1 fully saturated rings. The fraction of sp³-hybridized carbons (Fsp3) is 0.281. The number of amides is 2. The number of ether oxygens (including phenoxy) is 2. The maximum atomic E-state index is 14.0. The fourth-order valence-electron chi connectivity index (χ4n) is 5.37. The number of thioether (sulfide) groups is 1. The maximum absolute atomic E-state index is 14.0. The molecule has 2 atom stereocenters. The zero-order valence-corrected chi connectivity index (χ0v) is 24.0. The minimum atomic E-state index is -0.341. The van der Waals surface area contributed by atoms with Crippen molar-refractivity contribution in [3.05, 3.63) is 95.8 Å². The summed E-state index contributed by atoms with van der Waals surface area (Å²) in [4.78, 5) is 28.6. The number of halogens is 1. The third-order valence-electron chi connectivity index (χ3n) is 7.48. The number of anilines is 1. The monoisotopic (exact) mass is 586 g/mol. The Kier molecular flexibility index (Phi) is 8.25. The van der Waals surface area contributed by atoms with Crippen LogP contribution in [0.5, 0.6) is 5.75 Å². The molecule has 2 amide bonds. The van der Waals surface area contributed by atoms with Gasteiger partial charge < -0.3 is 14.8 Å². The van der Waals surface area contributed by atoms with E-state index in [1.165, 1.54) is 28.8 Å². The standard InChI is InChI=1S/C32H31FN4O4S/c1-40-25-15-13-24(14-16-25)37-32-29(30(35-37)21-6-3-2-4-7-21)31(22-9-11-23(33)12-10-22)42-20-28(39)36(32)19-27(38)34-18-26-8-5-17-41-26/h2-4,6-7,9-16,26,31H,5,8,17-20H2,1H3,(H,34,38). The molecule has 2 unspecified atom stereocenters. The van der Waals surface area contributed by atoms with Crippen LogP contribution in [0.2, 0.25) is 0 Å². The predicted molar refractivity (Wildman–Crippen MR) is 161 cm³/mol.